The van der Waals surface area contributed by atoms with Gasteiger partial charge in [-0.15, -0.1) is 0 Å². The topological polar surface area (TPSA) is 71.1 Å². The molecular weight excluding hydrogens is 372 g/mol. The molecule has 0 saturated heterocycles. The molecule has 2 aromatic rings. The fourth-order valence-corrected chi connectivity index (χ4v) is 2.44. The van der Waals surface area contributed by atoms with Gasteiger partial charge in [0.25, 0.3) is 0 Å². The predicted octanol–water partition coefficient (Wildman–Crippen LogP) is 3.68. The summed E-state index contributed by atoms with van der Waals surface area (Å²) >= 11 is 0. The van der Waals surface area contributed by atoms with Crippen molar-refractivity contribution in [2.45, 2.75) is 39.1 Å². The number of rotatable bonds is 13. The second-order valence-corrected chi connectivity index (χ2v) is 6.56. The van der Waals surface area contributed by atoms with Gasteiger partial charge in [0.2, 0.25) is 0 Å². The van der Waals surface area contributed by atoms with Gasteiger partial charge in [-0.3, -0.25) is 9.59 Å². The molecule has 2 aromatic carbocycles. The van der Waals surface area contributed by atoms with Crippen LogP contribution in [0.25, 0.3) is 0 Å². The first-order chi connectivity index (χ1) is 14.1. The van der Waals surface area contributed by atoms with Crippen molar-refractivity contribution < 1.29 is 28.5 Å². The summed E-state index contributed by atoms with van der Waals surface area (Å²) in [6.45, 7) is 3.16. The largest absolute Gasteiger partial charge is 0.462 e. The van der Waals surface area contributed by atoms with Crippen LogP contribution in [-0.4, -0.2) is 37.9 Å². The van der Waals surface area contributed by atoms with E-state index in [1.54, 1.807) is 6.92 Å². The third-order valence-corrected chi connectivity index (χ3v) is 3.94. The molecule has 0 aromatic heterocycles. The Hall–Kier alpha value is -2.70. The van der Waals surface area contributed by atoms with Gasteiger partial charge < -0.3 is 18.9 Å². The Morgan fingerprint density at radius 1 is 0.759 bits per heavy atom. The van der Waals surface area contributed by atoms with Crippen molar-refractivity contribution in [1.29, 1.82) is 0 Å². The van der Waals surface area contributed by atoms with E-state index in [1.807, 2.05) is 60.7 Å². The second-order valence-electron chi connectivity index (χ2n) is 6.56. The van der Waals surface area contributed by atoms with Gasteiger partial charge in [-0.1, -0.05) is 60.7 Å². The summed E-state index contributed by atoms with van der Waals surface area (Å²) in [4.78, 5) is 23.5. The minimum absolute atomic E-state index is 0.0220. The van der Waals surface area contributed by atoms with Crippen LogP contribution in [0.5, 0.6) is 0 Å². The Morgan fingerprint density at radius 3 is 1.76 bits per heavy atom. The molecule has 0 amide bonds. The van der Waals surface area contributed by atoms with Crippen LogP contribution in [0.15, 0.2) is 60.7 Å². The molecule has 0 aliphatic rings. The first kappa shape index (κ1) is 22.6. The van der Waals surface area contributed by atoms with Crippen LogP contribution < -0.4 is 0 Å². The van der Waals surface area contributed by atoms with Gasteiger partial charge in [0, 0.05) is 0 Å². The maximum atomic E-state index is 11.8. The van der Waals surface area contributed by atoms with Gasteiger partial charge in [-0.2, -0.15) is 0 Å². The molecule has 0 spiro atoms. The molecule has 0 saturated carbocycles. The highest BCUT2D eigenvalue weighted by molar-refractivity contribution is 5.70. The first-order valence-corrected chi connectivity index (χ1v) is 9.72. The van der Waals surface area contributed by atoms with E-state index in [2.05, 4.69) is 0 Å². The highest BCUT2D eigenvalue weighted by Crippen LogP contribution is 2.03. The number of hydrogen-bond donors (Lipinski definition) is 0. The smallest absolute Gasteiger partial charge is 0.308 e. The van der Waals surface area contributed by atoms with Gasteiger partial charge >= 0.3 is 11.9 Å². The second kappa shape index (κ2) is 13.5. The van der Waals surface area contributed by atoms with Gasteiger partial charge in [0.05, 0.1) is 39.3 Å². The van der Waals surface area contributed by atoms with E-state index in [9.17, 15) is 9.59 Å². The van der Waals surface area contributed by atoms with Crippen LogP contribution in [0.3, 0.4) is 0 Å². The van der Waals surface area contributed by atoms with Gasteiger partial charge in [-0.25, -0.2) is 0 Å². The highest BCUT2D eigenvalue weighted by atomic mass is 16.6. The molecule has 0 aliphatic carbocycles. The molecule has 6 heteroatoms. The first-order valence-electron chi connectivity index (χ1n) is 9.72. The molecule has 1 unspecified atom stereocenters. The molecule has 0 bridgehead atoms. The summed E-state index contributed by atoms with van der Waals surface area (Å²) in [7, 11) is 0. The maximum Gasteiger partial charge on any atom is 0.308 e. The van der Waals surface area contributed by atoms with Crippen molar-refractivity contribution in [2.24, 2.45) is 0 Å². The highest BCUT2D eigenvalue weighted by Gasteiger charge is 2.12. The summed E-state index contributed by atoms with van der Waals surface area (Å²) in [5.74, 6) is -0.764. The van der Waals surface area contributed by atoms with Crippen LogP contribution in [0, 0.1) is 0 Å². The summed E-state index contributed by atoms with van der Waals surface area (Å²) in [5.41, 5.74) is 2.10. The SMILES string of the molecule is CC(COC(=O)CCOCc1ccccc1)OC(=O)CCOCc1ccccc1. The lowest BCUT2D eigenvalue weighted by Gasteiger charge is -2.14. The van der Waals surface area contributed by atoms with E-state index in [-0.39, 0.29) is 44.6 Å². The van der Waals surface area contributed by atoms with Gasteiger partial charge in [-0.05, 0) is 18.1 Å². The van der Waals surface area contributed by atoms with Crippen LogP contribution in [0.4, 0.5) is 0 Å². The van der Waals surface area contributed by atoms with Crippen molar-refractivity contribution in [3.63, 3.8) is 0 Å². The molecular formula is C23H28O6. The third kappa shape index (κ3) is 10.4. The van der Waals surface area contributed by atoms with E-state index in [4.69, 9.17) is 18.9 Å². The van der Waals surface area contributed by atoms with Crippen molar-refractivity contribution in [1.82, 2.24) is 0 Å². The summed E-state index contributed by atoms with van der Waals surface area (Å²) < 4.78 is 21.2. The minimum Gasteiger partial charge on any atom is -0.462 e. The molecule has 2 rings (SSSR count). The van der Waals surface area contributed by atoms with Crippen LogP contribution in [0.2, 0.25) is 0 Å². The zero-order valence-electron chi connectivity index (χ0n) is 16.8. The number of esters is 2. The fraction of sp³-hybridized carbons (Fsp3) is 0.391. The van der Waals surface area contributed by atoms with Gasteiger partial charge in [0.15, 0.2) is 0 Å². The standard InChI is InChI=1S/C23H28O6/c1-19(29-23(25)13-15-27-18-21-10-6-3-7-11-21)16-28-22(24)12-14-26-17-20-8-4-2-5-9-20/h2-11,19H,12-18H2,1H3. The quantitative estimate of drug-likeness (QED) is 0.377. The van der Waals surface area contributed by atoms with Crippen molar-refractivity contribution in [3.05, 3.63) is 71.8 Å². The zero-order valence-corrected chi connectivity index (χ0v) is 16.8. The van der Waals surface area contributed by atoms with E-state index < -0.39 is 6.10 Å². The van der Waals surface area contributed by atoms with E-state index in [0.717, 1.165) is 11.1 Å². The summed E-state index contributed by atoms with van der Waals surface area (Å²) in [5, 5.41) is 0. The Labute approximate surface area is 171 Å². The number of hydrogen-bond acceptors (Lipinski definition) is 6. The average Bonchev–Trinajstić information content (AvgIpc) is 2.74. The molecule has 0 radical (unpaired) electrons. The predicted molar refractivity (Wildman–Crippen MR) is 108 cm³/mol. The van der Waals surface area contributed by atoms with Crippen LogP contribution in [-0.2, 0) is 41.8 Å². The van der Waals surface area contributed by atoms with Crippen molar-refractivity contribution >= 4 is 11.9 Å². The lowest BCUT2D eigenvalue weighted by Crippen LogP contribution is -2.23. The number of benzene rings is 2. The molecule has 29 heavy (non-hydrogen) atoms. The monoisotopic (exact) mass is 400 g/mol. The average molecular weight is 400 g/mol. The number of carbonyl (C=O) groups excluding carboxylic acids is 2. The molecule has 1 atom stereocenters. The molecule has 0 N–H and O–H groups in total. The zero-order chi connectivity index (χ0) is 20.7. The third-order valence-electron chi connectivity index (χ3n) is 3.94. The number of carbonyl (C=O) groups is 2. The molecule has 0 fully saturated rings. The molecule has 156 valence electrons. The number of ether oxygens (including phenoxy) is 4. The van der Waals surface area contributed by atoms with Gasteiger partial charge in [0.1, 0.15) is 12.7 Å². The van der Waals surface area contributed by atoms with Crippen LogP contribution >= 0.6 is 0 Å². The minimum atomic E-state index is -0.509. The summed E-state index contributed by atoms with van der Waals surface area (Å²) in [6, 6.07) is 19.5. The maximum absolute atomic E-state index is 11.8. The van der Waals surface area contributed by atoms with Crippen molar-refractivity contribution in [3.8, 4) is 0 Å². The van der Waals surface area contributed by atoms with Crippen LogP contribution in [0.1, 0.15) is 30.9 Å². The molecule has 0 aliphatic heterocycles. The molecule has 0 heterocycles. The van der Waals surface area contributed by atoms with E-state index in [1.165, 1.54) is 0 Å². The Bertz CT molecular complexity index is 717. The molecule has 6 nitrogen and oxygen atoms in total. The van der Waals surface area contributed by atoms with E-state index in [0.29, 0.717) is 13.2 Å². The normalized spacial score (nSPS) is 11.6. The lowest BCUT2D eigenvalue weighted by molar-refractivity contribution is -0.159. The summed E-state index contributed by atoms with van der Waals surface area (Å²) in [6.07, 6.45) is -0.204. The van der Waals surface area contributed by atoms with E-state index >= 15 is 0 Å². The fourth-order valence-electron chi connectivity index (χ4n) is 2.44. The Morgan fingerprint density at radius 2 is 1.24 bits per heavy atom. The Kier molecular flexibility index (Phi) is 10.5. The lowest BCUT2D eigenvalue weighted by atomic mass is 10.2. The van der Waals surface area contributed by atoms with Crippen molar-refractivity contribution in [2.75, 3.05) is 19.8 Å². The Balaban J connectivity index is 1.47.